The Hall–Kier alpha value is -3.92. The molecule has 3 aromatic rings. The first-order valence-electron chi connectivity index (χ1n) is 13.8. The summed E-state index contributed by atoms with van der Waals surface area (Å²) in [6.45, 7) is 3.36. The van der Waals surface area contributed by atoms with Crippen LogP contribution in [0.25, 0.3) is 0 Å². The molecule has 0 bridgehead atoms. The molecule has 1 fully saturated rings. The molecule has 0 heterocycles. The molecule has 1 atom stereocenters. The van der Waals surface area contributed by atoms with Gasteiger partial charge in [-0.05, 0) is 80.8 Å². The summed E-state index contributed by atoms with van der Waals surface area (Å²) < 4.78 is 47.8. The lowest BCUT2D eigenvalue weighted by Crippen LogP contribution is -2.52. The maximum atomic E-state index is 13.9. The van der Waals surface area contributed by atoms with Crippen molar-refractivity contribution in [1.82, 2.24) is 10.2 Å². The first kappa shape index (κ1) is 30.0. The predicted molar refractivity (Wildman–Crippen MR) is 155 cm³/mol. The van der Waals surface area contributed by atoms with Crippen molar-refractivity contribution in [3.63, 3.8) is 0 Å². The predicted octanol–water partition coefficient (Wildman–Crippen LogP) is 4.90. The van der Waals surface area contributed by atoms with Gasteiger partial charge >= 0.3 is 0 Å². The van der Waals surface area contributed by atoms with Crippen LogP contribution in [0.1, 0.15) is 45.1 Å². The van der Waals surface area contributed by atoms with Crippen molar-refractivity contribution in [3.05, 3.63) is 90.2 Å². The molecule has 41 heavy (non-hydrogen) atoms. The third-order valence-corrected chi connectivity index (χ3v) is 8.97. The number of rotatable bonds is 12. The van der Waals surface area contributed by atoms with Crippen LogP contribution in [0.5, 0.6) is 5.75 Å². The highest BCUT2D eigenvalue weighted by molar-refractivity contribution is 7.92. The second-order valence-electron chi connectivity index (χ2n) is 10.1. The van der Waals surface area contributed by atoms with Gasteiger partial charge in [0.15, 0.2) is 0 Å². The molecule has 0 saturated heterocycles. The third kappa shape index (κ3) is 7.64. The molecule has 2 amide bonds. The number of hydrogen-bond donors (Lipinski definition) is 1. The normalized spacial score (nSPS) is 14.3. The summed E-state index contributed by atoms with van der Waals surface area (Å²) in [6, 6.07) is 19.2. The van der Waals surface area contributed by atoms with Crippen LogP contribution in [0.2, 0.25) is 0 Å². The Bertz CT molecular complexity index is 1410. The van der Waals surface area contributed by atoms with Crippen LogP contribution in [0, 0.1) is 5.82 Å². The number of carbonyl (C=O) groups is 2. The fraction of sp³-hybridized carbons (Fsp3) is 0.355. The number of hydrogen-bond acceptors (Lipinski definition) is 5. The van der Waals surface area contributed by atoms with Crippen LogP contribution in [0.4, 0.5) is 10.1 Å². The molecule has 0 spiro atoms. The maximum Gasteiger partial charge on any atom is 0.264 e. The van der Waals surface area contributed by atoms with E-state index >= 15 is 0 Å². The Morgan fingerprint density at radius 2 is 1.61 bits per heavy atom. The van der Waals surface area contributed by atoms with E-state index in [0.717, 1.165) is 30.0 Å². The molecule has 10 heteroatoms. The lowest BCUT2D eigenvalue weighted by molar-refractivity contribution is -0.139. The molecule has 1 N–H and O–H groups in total. The largest absolute Gasteiger partial charge is 0.494 e. The number of amides is 2. The molecule has 1 aliphatic rings. The van der Waals surface area contributed by atoms with Gasteiger partial charge in [-0.2, -0.15) is 0 Å². The lowest BCUT2D eigenvalue weighted by Gasteiger charge is -2.32. The minimum Gasteiger partial charge on any atom is -0.494 e. The number of para-hydroxylation sites is 1. The van der Waals surface area contributed by atoms with E-state index < -0.39 is 34.3 Å². The summed E-state index contributed by atoms with van der Waals surface area (Å²) in [6.07, 6.45) is 3.83. The summed E-state index contributed by atoms with van der Waals surface area (Å²) in [4.78, 5) is 28.5. The number of sulfonamides is 1. The topological polar surface area (TPSA) is 96.0 Å². The molecule has 0 aromatic heterocycles. The van der Waals surface area contributed by atoms with E-state index in [-0.39, 0.29) is 23.4 Å². The molecule has 8 nitrogen and oxygen atoms in total. The third-order valence-electron chi connectivity index (χ3n) is 7.18. The van der Waals surface area contributed by atoms with Crippen molar-refractivity contribution < 1.29 is 27.1 Å². The number of benzene rings is 3. The smallest absolute Gasteiger partial charge is 0.264 e. The molecule has 1 saturated carbocycles. The van der Waals surface area contributed by atoms with Crippen molar-refractivity contribution in [2.75, 3.05) is 17.5 Å². The van der Waals surface area contributed by atoms with E-state index in [9.17, 15) is 22.4 Å². The van der Waals surface area contributed by atoms with Crippen LogP contribution < -0.4 is 14.4 Å². The summed E-state index contributed by atoms with van der Waals surface area (Å²) in [5.74, 6) is -0.772. The van der Waals surface area contributed by atoms with Gasteiger partial charge in [-0.1, -0.05) is 43.2 Å². The monoisotopic (exact) mass is 581 g/mol. The molecule has 0 radical (unpaired) electrons. The van der Waals surface area contributed by atoms with Gasteiger partial charge in [0, 0.05) is 12.6 Å². The van der Waals surface area contributed by atoms with E-state index in [2.05, 4.69) is 5.32 Å². The van der Waals surface area contributed by atoms with Crippen LogP contribution in [0.15, 0.2) is 83.8 Å². The Balaban J connectivity index is 1.65. The van der Waals surface area contributed by atoms with E-state index in [1.807, 2.05) is 6.92 Å². The van der Waals surface area contributed by atoms with Gasteiger partial charge in [0.1, 0.15) is 24.2 Å². The van der Waals surface area contributed by atoms with Crippen molar-refractivity contribution in [1.29, 1.82) is 0 Å². The van der Waals surface area contributed by atoms with Crippen LogP contribution in [-0.4, -0.2) is 50.4 Å². The number of carbonyl (C=O) groups excluding carboxylic acids is 2. The highest BCUT2D eigenvalue weighted by atomic mass is 32.2. The number of nitrogens with one attached hydrogen (secondary N) is 1. The van der Waals surface area contributed by atoms with E-state index in [4.69, 9.17) is 4.74 Å². The SMILES string of the molecule is CCOc1ccc(S(=O)(=O)N(CC(=O)N(Cc2ccc(F)cc2)C(C)C(=O)NC2CCCC2)c2ccccc2)cc1. The Labute approximate surface area is 241 Å². The van der Waals surface area contributed by atoms with E-state index in [1.54, 1.807) is 61.5 Å². The van der Waals surface area contributed by atoms with Crippen molar-refractivity contribution in [2.24, 2.45) is 0 Å². The minimum atomic E-state index is -4.18. The van der Waals surface area contributed by atoms with Gasteiger partial charge in [-0.25, -0.2) is 12.8 Å². The highest BCUT2D eigenvalue weighted by Gasteiger charge is 2.33. The second-order valence-corrected chi connectivity index (χ2v) is 11.9. The lowest BCUT2D eigenvalue weighted by atomic mass is 10.1. The van der Waals surface area contributed by atoms with Gasteiger partial charge in [0.2, 0.25) is 11.8 Å². The van der Waals surface area contributed by atoms with Gasteiger partial charge < -0.3 is 15.0 Å². The second kappa shape index (κ2) is 13.6. The van der Waals surface area contributed by atoms with Crippen LogP contribution in [-0.2, 0) is 26.2 Å². The van der Waals surface area contributed by atoms with Gasteiger partial charge in [-0.15, -0.1) is 0 Å². The molecule has 4 rings (SSSR count). The quantitative estimate of drug-likeness (QED) is 0.329. The minimum absolute atomic E-state index is 0.00407. The average molecular weight is 582 g/mol. The van der Waals surface area contributed by atoms with Gasteiger partial charge in [0.25, 0.3) is 10.0 Å². The fourth-order valence-corrected chi connectivity index (χ4v) is 6.30. The molecule has 3 aromatic carbocycles. The number of anilines is 1. The van der Waals surface area contributed by atoms with Crippen molar-refractivity contribution in [3.8, 4) is 5.75 Å². The zero-order chi connectivity index (χ0) is 29.4. The van der Waals surface area contributed by atoms with Crippen molar-refractivity contribution in [2.45, 2.75) is 63.1 Å². The summed E-state index contributed by atoms with van der Waals surface area (Å²) in [5, 5.41) is 3.03. The maximum absolute atomic E-state index is 13.9. The molecular formula is C31H36FN3O5S. The number of ether oxygens (including phenoxy) is 1. The molecule has 1 unspecified atom stereocenters. The number of halogens is 1. The fourth-order valence-electron chi connectivity index (χ4n) is 4.89. The first-order valence-corrected chi connectivity index (χ1v) is 15.3. The first-order chi connectivity index (χ1) is 19.7. The summed E-state index contributed by atoms with van der Waals surface area (Å²) in [5.41, 5.74) is 0.917. The summed E-state index contributed by atoms with van der Waals surface area (Å²) in [7, 11) is -4.18. The van der Waals surface area contributed by atoms with Crippen molar-refractivity contribution >= 4 is 27.5 Å². The Kier molecular flexibility index (Phi) is 9.99. The zero-order valence-corrected chi connectivity index (χ0v) is 24.1. The molecular weight excluding hydrogens is 545 g/mol. The van der Waals surface area contributed by atoms with Gasteiger partial charge in [0.05, 0.1) is 17.2 Å². The van der Waals surface area contributed by atoms with Gasteiger partial charge in [-0.3, -0.25) is 13.9 Å². The Morgan fingerprint density at radius 3 is 2.22 bits per heavy atom. The Morgan fingerprint density at radius 1 is 0.976 bits per heavy atom. The van der Waals surface area contributed by atoms with Crippen LogP contribution in [0.3, 0.4) is 0 Å². The zero-order valence-electron chi connectivity index (χ0n) is 23.3. The summed E-state index contributed by atoms with van der Waals surface area (Å²) >= 11 is 0. The average Bonchev–Trinajstić information content (AvgIpc) is 3.49. The highest BCUT2D eigenvalue weighted by Crippen LogP contribution is 2.26. The molecule has 1 aliphatic carbocycles. The molecule has 218 valence electrons. The van der Waals surface area contributed by atoms with E-state index in [0.29, 0.717) is 23.6 Å². The molecule has 0 aliphatic heterocycles. The number of nitrogens with zero attached hydrogens (tertiary/aromatic N) is 2. The van der Waals surface area contributed by atoms with E-state index in [1.165, 1.54) is 29.2 Å². The standard InChI is InChI=1S/C31H36FN3O5S/c1-3-40-28-17-19-29(20-18-28)41(38,39)35(27-11-5-4-6-12-27)22-30(36)34(21-24-13-15-25(32)16-14-24)23(2)31(37)33-26-9-7-8-10-26/h4-6,11-20,23,26H,3,7-10,21-22H2,1-2H3,(H,33,37). The van der Waals surface area contributed by atoms with Crippen LogP contribution >= 0.6 is 0 Å².